The van der Waals surface area contributed by atoms with Crippen molar-refractivity contribution >= 4 is 16.9 Å². The Hall–Kier alpha value is -4.83. The molecule has 0 aliphatic carbocycles. The van der Waals surface area contributed by atoms with Gasteiger partial charge in [-0.1, -0.05) is 44.2 Å². The molecule has 5 N–H and O–H groups in total. The van der Waals surface area contributed by atoms with Crippen molar-refractivity contribution in [2.24, 2.45) is 12.8 Å². The molecule has 206 valence electrons. The number of nitrogens with zero attached hydrogens (tertiary/aromatic N) is 4. The van der Waals surface area contributed by atoms with Gasteiger partial charge in [-0.25, -0.2) is 14.0 Å². The van der Waals surface area contributed by atoms with E-state index in [1.165, 1.54) is 15.3 Å². The first-order valence-electron chi connectivity index (χ1n) is 12.9. The summed E-state index contributed by atoms with van der Waals surface area (Å²) in [7, 11) is 1.93. The summed E-state index contributed by atoms with van der Waals surface area (Å²) in [5.74, 6) is -2.19. The fraction of sp³-hybridized carbons (Fsp3) is 0.233. The smallest absolute Gasteiger partial charge is 0.350 e. The number of benzene rings is 3. The number of aromatic nitrogens is 4. The van der Waals surface area contributed by atoms with E-state index in [2.05, 4.69) is 5.10 Å². The Morgan fingerprint density at radius 2 is 1.73 bits per heavy atom. The van der Waals surface area contributed by atoms with Crippen molar-refractivity contribution in [3.05, 3.63) is 94.5 Å². The molecule has 0 saturated carbocycles. The van der Waals surface area contributed by atoms with Crippen LogP contribution in [0.2, 0.25) is 0 Å². The maximum atomic E-state index is 14.0. The normalized spacial score (nSPS) is 13.1. The predicted molar refractivity (Wildman–Crippen MR) is 152 cm³/mol. The van der Waals surface area contributed by atoms with Gasteiger partial charge in [-0.3, -0.25) is 4.79 Å². The molecule has 40 heavy (non-hydrogen) atoms. The Morgan fingerprint density at radius 1 is 1.00 bits per heavy atom. The van der Waals surface area contributed by atoms with Gasteiger partial charge in [-0.2, -0.15) is 0 Å². The Bertz CT molecular complexity index is 1770. The highest BCUT2D eigenvalue weighted by Crippen LogP contribution is 2.38. The van der Waals surface area contributed by atoms with Crippen LogP contribution in [-0.4, -0.2) is 46.2 Å². The number of fused-ring (bicyclic) bond motifs is 1. The van der Waals surface area contributed by atoms with Crippen LogP contribution in [0.4, 0.5) is 0 Å². The van der Waals surface area contributed by atoms with E-state index in [9.17, 15) is 24.9 Å². The minimum atomic E-state index is -1.29. The first-order valence-corrected chi connectivity index (χ1v) is 12.9. The second kappa shape index (κ2) is 10.4. The van der Waals surface area contributed by atoms with E-state index >= 15 is 0 Å². The van der Waals surface area contributed by atoms with Crippen LogP contribution in [0.3, 0.4) is 0 Å². The van der Waals surface area contributed by atoms with Gasteiger partial charge in [0.05, 0.1) is 17.8 Å². The summed E-state index contributed by atoms with van der Waals surface area (Å²) >= 11 is 0. The van der Waals surface area contributed by atoms with Crippen LogP contribution >= 0.6 is 0 Å². The Kier molecular flexibility index (Phi) is 6.95. The number of nitrogens with two attached hydrogens (primary N) is 1. The summed E-state index contributed by atoms with van der Waals surface area (Å²) in [6, 6.07) is 17.9. The van der Waals surface area contributed by atoms with E-state index in [1.54, 1.807) is 36.4 Å². The summed E-state index contributed by atoms with van der Waals surface area (Å²) in [4.78, 5) is 25.9. The van der Waals surface area contributed by atoms with E-state index in [4.69, 9.17) is 5.73 Å². The Balaban J connectivity index is 1.74. The molecule has 0 aliphatic rings. The lowest BCUT2D eigenvalue weighted by Crippen LogP contribution is -2.40. The van der Waals surface area contributed by atoms with Gasteiger partial charge in [-0.05, 0) is 47.4 Å². The number of aliphatic carboxylic acids is 1. The minimum Gasteiger partial charge on any atom is -0.508 e. The maximum Gasteiger partial charge on any atom is 0.350 e. The zero-order valence-corrected chi connectivity index (χ0v) is 22.4. The standard InChI is InChI=1S/C30H31N5O5/c1-17(2)21-14-22(26(37)15-25(21)36)28-32-34(16-23(27(31)29(38)39)18-7-5-4-6-8-18)30(40)35(28)20-9-10-24-19(13-20)11-12-33(24)3/h4-15,17,23,27,36-37H,16,31H2,1-3H3,(H,38,39). The number of hydrogen-bond acceptors (Lipinski definition) is 6. The summed E-state index contributed by atoms with van der Waals surface area (Å²) in [6.07, 6.45) is 1.92. The fourth-order valence-corrected chi connectivity index (χ4v) is 5.06. The Labute approximate surface area is 230 Å². The molecule has 2 atom stereocenters. The number of aromatic hydroxyl groups is 2. The number of hydrogen-bond donors (Lipinski definition) is 4. The van der Waals surface area contributed by atoms with Crippen molar-refractivity contribution in [3.8, 4) is 28.6 Å². The molecule has 0 bridgehead atoms. The van der Waals surface area contributed by atoms with Crippen molar-refractivity contribution in [2.45, 2.75) is 38.3 Å². The lowest BCUT2D eigenvalue weighted by molar-refractivity contribution is -0.139. The van der Waals surface area contributed by atoms with Crippen LogP contribution in [-0.2, 0) is 18.4 Å². The molecule has 0 amide bonds. The summed E-state index contributed by atoms with van der Waals surface area (Å²) in [5, 5.41) is 36.6. The number of aryl methyl sites for hydroxylation is 1. The second-order valence-electron chi connectivity index (χ2n) is 10.3. The van der Waals surface area contributed by atoms with Gasteiger partial charge in [0, 0.05) is 36.1 Å². The largest absolute Gasteiger partial charge is 0.508 e. The zero-order valence-electron chi connectivity index (χ0n) is 22.4. The van der Waals surface area contributed by atoms with Crippen molar-refractivity contribution in [1.29, 1.82) is 0 Å². The molecule has 5 aromatic rings. The average molecular weight is 542 g/mol. The van der Waals surface area contributed by atoms with Crippen LogP contribution in [0.25, 0.3) is 28.0 Å². The van der Waals surface area contributed by atoms with Gasteiger partial charge in [0.2, 0.25) is 0 Å². The fourth-order valence-electron chi connectivity index (χ4n) is 5.06. The molecule has 0 saturated heterocycles. The molecule has 3 aromatic carbocycles. The molecule has 0 radical (unpaired) electrons. The predicted octanol–water partition coefficient (Wildman–Crippen LogP) is 3.92. The third kappa shape index (κ3) is 4.73. The van der Waals surface area contributed by atoms with E-state index < -0.39 is 23.6 Å². The van der Waals surface area contributed by atoms with Gasteiger partial charge >= 0.3 is 11.7 Å². The Morgan fingerprint density at radius 3 is 2.40 bits per heavy atom. The third-order valence-electron chi connectivity index (χ3n) is 7.29. The molecule has 2 heterocycles. The molecular weight excluding hydrogens is 510 g/mol. The topological polar surface area (TPSA) is 149 Å². The SMILES string of the molecule is CC(C)c1cc(-c2nn(CC(c3ccccc3)C(N)C(=O)O)c(=O)n2-c2ccc3c(ccn3C)c2)c(O)cc1O. The van der Waals surface area contributed by atoms with Gasteiger partial charge in [0.25, 0.3) is 0 Å². The number of phenolic OH excluding ortho intramolecular Hbond substituents is 2. The van der Waals surface area contributed by atoms with Crippen molar-refractivity contribution in [2.75, 3.05) is 0 Å². The lowest BCUT2D eigenvalue weighted by Gasteiger charge is -2.20. The summed E-state index contributed by atoms with van der Waals surface area (Å²) < 4.78 is 4.54. The van der Waals surface area contributed by atoms with Crippen molar-refractivity contribution < 1.29 is 20.1 Å². The van der Waals surface area contributed by atoms with Crippen LogP contribution in [0.15, 0.2) is 77.7 Å². The van der Waals surface area contributed by atoms with Gasteiger partial charge in [0.1, 0.15) is 17.5 Å². The van der Waals surface area contributed by atoms with Gasteiger partial charge in [0.15, 0.2) is 5.82 Å². The van der Waals surface area contributed by atoms with Crippen LogP contribution in [0, 0.1) is 0 Å². The van der Waals surface area contributed by atoms with E-state index in [0.717, 1.165) is 10.9 Å². The molecule has 10 heteroatoms. The van der Waals surface area contributed by atoms with E-state index in [0.29, 0.717) is 16.8 Å². The number of carbonyl (C=O) groups is 1. The van der Waals surface area contributed by atoms with Crippen molar-refractivity contribution in [3.63, 3.8) is 0 Å². The van der Waals surface area contributed by atoms with E-state index in [1.807, 2.05) is 55.9 Å². The average Bonchev–Trinajstić information content (AvgIpc) is 3.45. The highest BCUT2D eigenvalue weighted by molar-refractivity contribution is 5.83. The zero-order chi connectivity index (χ0) is 28.7. The quantitative estimate of drug-likeness (QED) is 0.233. The first kappa shape index (κ1) is 26.8. The van der Waals surface area contributed by atoms with Crippen molar-refractivity contribution in [1.82, 2.24) is 18.9 Å². The monoisotopic (exact) mass is 541 g/mol. The van der Waals surface area contributed by atoms with Gasteiger partial charge < -0.3 is 25.6 Å². The van der Waals surface area contributed by atoms with Crippen LogP contribution in [0.1, 0.15) is 36.8 Å². The highest BCUT2D eigenvalue weighted by atomic mass is 16.4. The summed E-state index contributed by atoms with van der Waals surface area (Å²) in [6.45, 7) is 3.70. The summed E-state index contributed by atoms with van der Waals surface area (Å²) in [5.41, 5.74) is 8.54. The maximum absolute atomic E-state index is 14.0. The molecule has 0 spiro atoms. The van der Waals surface area contributed by atoms with Crippen LogP contribution in [0.5, 0.6) is 11.5 Å². The first-order chi connectivity index (χ1) is 19.1. The number of phenols is 2. The second-order valence-corrected chi connectivity index (χ2v) is 10.3. The van der Waals surface area contributed by atoms with E-state index in [-0.39, 0.29) is 35.3 Å². The molecule has 2 unspecified atom stereocenters. The van der Waals surface area contributed by atoms with Gasteiger partial charge in [-0.15, -0.1) is 5.10 Å². The minimum absolute atomic E-state index is 0.0631. The lowest BCUT2D eigenvalue weighted by atomic mass is 9.92. The molecular formula is C30H31N5O5. The third-order valence-corrected chi connectivity index (χ3v) is 7.29. The molecule has 2 aromatic heterocycles. The number of carboxylic acids is 1. The molecule has 10 nitrogen and oxygen atoms in total. The number of carboxylic acid groups (broad SMARTS) is 1. The molecule has 5 rings (SSSR count). The molecule has 0 fully saturated rings. The molecule has 0 aliphatic heterocycles. The number of rotatable bonds is 8. The van der Waals surface area contributed by atoms with Crippen LogP contribution < -0.4 is 11.4 Å². The highest BCUT2D eigenvalue weighted by Gasteiger charge is 2.29.